The van der Waals surface area contributed by atoms with Crippen LogP contribution in [0.1, 0.15) is 33.4 Å². The summed E-state index contributed by atoms with van der Waals surface area (Å²) in [5.74, 6) is 0. The number of methoxy groups -OCH3 is 2. The fourth-order valence-corrected chi connectivity index (χ4v) is 7.20. The lowest BCUT2D eigenvalue weighted by Crippen LogP contribution is -2.37. The van der Waals surface area contributed by atoms with Crippen molar-refractivity contribution < 1.29 is 57.6 Å². The molecule has 2 atom stereocenters. The number of rotatable bonds is 28. The van der Waals surface area contributed by atoms with Crippen molar-refractivity contribution in [2.24, 2.45) is 0 Å². The first-order chi connectivity index (χ1) is 26.5. The highest BCUT2D eigenvalue weighted by molar-refractivity contribution is 5.89. The Morgan fingerprint density at radius 2 is 0.759 bits per heavy atom. The molecular weight excluding hydrogens is 696 g/mol. The summed E-state index contributed by atoms with van der Waals surface area (Å²) in [4.78, 5) is 0. The average Bonchev–Trinajstić information content (AvgIpc) is 3.58. The van der Waals surface area contributed by atoms with E-state index in [1.165, 1.54) is 0 Å². The highest BCUT2D eigenvalue weighted by Gasteiger charge is 2.50. The van der Waals surface area contributed by atoms with Crippen molar-refractivity contribution >= 4 is 0 Å². The summed E-state index contributed by atoms with van der Waals surface area (Å²) in [6.45, 7) is 9.80. The fourth-order valence-electron chi connectivity index (χ4n) is 7.20. The molecule has 54 heavy (non-hydrogen) atoms. The minimum absolute atomic E-state index is 0.0448. The summed E-state index contributed by atoms with van der Waals surface area (Å²) in [6.07, 6.45) is 0. The molecule has 0 bridgehead atoms. The standard InChI is InChI=1S/C42H58O12/c1-31-5-7-33-35-27-40-36(28-39(35)41(37(33)25-31,29-51-19-17-47-11-9-43)53-23-21-49-15-13-45-3)34-8-6-32(2)26-38(34)42(40,30-52-20-18-48-12-10-44)54-24-22-50-16-14-46-4/h5-8,25-28,43-44H,9-24,29-30H2,1-4H3. The van der Waals surface area contributed by atoms with Crippen LogP contribution >= 0.6 is 0 Å². The number of aryl methyl sites for hydroxylation is 2. The molecule has 0 heterocycles. The van der Waals surface area contributed by atoms with E-state index in [-0.39, 0.29) is 39.6 Å². The molecule has 0 spiro atoms. The van der Waals surface area contributed by atoms with Gasteiger partial charge in [-0.05, 0) is 70.5 Å². The summed E-state index contributed by atoms with van der Waals surface area (Å²) < 4.78 is 59.7. The summed E-state index contributed by atoms with van der Waals surface area (Å²) in [7, 11) is 3.30. The summed E-state index contributed by atoms with van der Waals surface area (Å²) in [5.41, 5.74) is 8.54. The SMILES string of the molecule is COCCOCCOC1(COCCOCCO)c2cc(C)ccc2-c2cc3c(cc21)-c1ccc(C)cc1C3(COCCOCCO)OCCOCCOC. The van der Waals surface area contributed by atoms with Crippen molar-refractivity contribution in [3.63, 3.8) is 0 Å². The van der Waals surface area contributed by atoms with E-state index in [4.69, 9.17) is 47.4 Å². The van der Waals surface area contributed by atoms with Crippen LogP contribution in [-0.4, -0.2) is 143 Å². The molecule has 5 rings (SSSR count). The molecule has 0 amide bonds. The van der Waals surface area contributed by atoms with E-state index in [0.29, 0.717) is 79.3 Å². The number of aliphatic hydroxyl groups is 2. The van der Waals surface area contributed by atoms with Crippen LogP contribution in [0.25, 0.3) is 22.3 Å². The maximum Gasteiger partial charge on any atom is 0.143 e. The third kappa shape index (κ3) is 9.94. The van der Waals surface area contributed by atoms with Gasteiger partial charge in [-0.15, -0.1) is 0 Å². The first-order valence-electron chi connectivity index (χ1n) is 18.8. The van der Waals surface area contributed by atoms with Crippen molar-refractivity contribution in [2.45, 2.75) is 25.0 Å². The predicted octanol–water partition coefficient (Wildman–Crippen LogP) is 4.16. The van der Waals surface area contributed by atoms with Gasteiger partial charge in [0.15, 0.2) is 0 Å². The Hall–Kier alpha value is -2.82. The number of hydrogen-bond acceptors (Lipinski definition) is 12. The van der Waals surface area contributed by atoms with Crippen LogP contribution in [0.3, 0.4) is 0 Å². The zero-order valence-electron chi connectivity index (χ0n) is 32.3. The second-order valence-electron chi connectivity index (χ2n) is 13.4. The minimum Gasteiger partial charge on any atom is -0.394 e. The average molecular weight is 755 g/mol. The highest BCUT2D eigenvalue weighted by Crippen LogP contribution is 2.57. The molecule has 0 aromatic heterocycles. The third-order valence-corrected chi connectivity index (χ3v) is 9.67. The van der Waals surface area contributed by atoms with Crippen LogP contribution in [0, 0.1) is 13.8 Å². The van der Waals surface area contributed by atoms with E-state index < -0.39 is 11.2 Å². The Kier molecular flexibility index (Phi) is 16.8. The number of ether oxygens (including phenoxy) is 10. The van der Waals surface area contributed by atoms with Crippen molar-refractivity contribution in [1.29, 1.82) is 0 Å². The van der Waals surface area contributed by atoms with Crippen LogP contribution < -0.4 is 0 Å². The molecule has 12 nitrogen and oxygen atoms in total. The Labute approximate surface area is 319 Å². The van der Waals surface area contributed by atoms with Gasteiger partial charge in [0.05, 0.1) is 119 Å². The van der Waals surface area contributed by atoms with E-state index in [1.54, 1.807) is 14.2 Å². The van der Waals surface area contributed by atoms with Crippen LogP contribution in [0.5, 0.6) is 0 Å². The lowest BCUT2D eigenvalue weighted by Gasteiger charge is -2.34. The summed E-state index contributed by atoms with van der Waals surface area (Å²) >= 11 is 0. The van der Waals surface area contributed by atoms with E-state index in [0.717, 1.165) is 55.6 Å². The topological polar surface area (TPSA) is 133 Å². The van der Waals surface area contributed by atoms with E-state index >= 15 is 0 Å². The molecule has 0 saturated carbocycles. The Bertz CT molecular complexity index is 1440. The maximum absolute atomic E-state index is 9.19. The second-order valence-corrected chi connectivity index (χ2v) is 13.4. The van der Waals surface area contributed by atoms with E-state index in [1.807, 2.05) is 0 Å². The molecule has 2 aliphatic rings. The van der Waals surface area contributed by atoms with Crippen LogP contribution in [0.2, 0.25) is 0 Å². The molecule has 2 unspecified atom stereocenters. The van der Waals surface area contributed by atoms with Gasteiger partial charge in [0, 0.05) is 14.2 Å². The molecule has 0 saturated heterocycles. The highest BCUT2D eigenvalue weighted by atomic mass is 16.6. The van der Waals surface area contributed by atoms with Crippen molar-refractivity contribution in [1.82, 2.24) is 0 Å². The molecular formula is C42H58O12. The fraction of sp³-hybridized carbons (Fsp3) is 0.571. The summed E-state index contributed by atoms with van der Waals surface area (Å²) in [6, 6.07) is 17.4. The predicted molar refractivity (Wildman–Crippen MR) is 203 cm³/mol. The molecule has 12 heteroatoms. The van der Waals surface area contributed by atoms with Gasteiger partial charge < -0.3 is 57.6 Å². The molecule has 3 aromatic carbocycles. The van der Waals surface area contributed by atoms with Gasteiger partial charge in [0.1, 0.15) is 11.2 Å². The smallest absolute Gasteiger partial charge is 0.143 e. The van der Waals surface area contributed by atoms with Gasteiger partial charge in [0.25, 0.3) is 0 Å². The first kappa shape index (κ1) is 42.3. The minimum atomic E-state index is -0.944. The monoisotopic (exact) mass is 754 g/mol. The van der Waals surface area contributed by atoms with Gasteiger partial charge >= 0.3 is 0 Å². The van der Waals surface area contributed by atoms with Gasteiger partial charge in [-0.3, -0.25) is 0 Å². The normalized spacial score (nSPS) is 18.2. The first-order valence-corrected chi connectivity index (χ1v) is 18.8. The Morgan fingerprint density at radius 1 is 0.407 bits per heavy atom. The number of benzene rings is 3. The van der Waals surface area contributed by atoms with E-state index in [9.17, 15) is 10.2 Å². The van der Waals surface area contributed by atoms with Crippen molar-refractivity contribution in [2.75, 3.05) is 133 Å². The largest absolute Gasteiger partial charge is 0.394 e. The molecule has 0 fully saturated rings. The zero-order valence-corrected chi connectivity index (χ0v) is 32.3. The summed E-state index contributed by atoms with van der Waals surface area (Å²) in [5, 5.41) is 18.4. The van der Waals surface area contributed by atoms with E-state index in [2.05, 4.69) is 62.4 Å². The van der Waals surface area contributed by atoms with Crippen molar-refractivity contribution in [3.8, 4) is 22.3 Å². The maximum atomic E-state index is 9.19. The van der Waals surface area contributed by atoms with Gasteiger partial charge in [-0.25, -0.2) is 0 Å². The lowest BCUT2D eigenvalue weighted by atomic mass is 9.87. The zero-order chi connectivity index (χ0) is 38.2. The van der Waals surface area contributed by atoms with Gasteiger partial charge in [0.2, 0.25) is 0 Å². The van der Waals surface area contributed by atoms with Gasteiger partial charge in [-0.2, -0.15) is 0 Å². The molecule has 298 valence electrons. The quantitative estimate of drug-likeness (QED) is 0.103. The number of aliphatic hydroxyl groups excluding tert-OH is 2. The number of fused-ring (bicyclic) bond motifs is 6. The molecule has 0 aliphatic heterocycles. The van der Waals surface area contributed by atoms with Crippen LogP contribution in [0.4, 0.5) is 0 Å². The molecule has 2 aliphatic carbocycles. The van der Waals surface area contributed by atoms with Crippen molar-refractivity contribution in [3.05, 3.63) is 81.9 Å². The van der Waals surface area contributed by atoms with Crippen LogP contribution in [0.15, 0.2) is 48.5 Å². The molecule has 0 radical (unpaired) electrons. The molecule has 3 aromatic rings. The Morgan fingerprint density at radius 3 is 1.17 bits per heavy atom. The Balaban J connectivity index is 1.59. The molecule has 2 N–H and O–H groups in total. The van der Waals surface area contributed by atoms with Gasteiger partial charge in [-0.1, -0.05) is 47.5 Å². The second kappa shape index (κ2) is 21.5. The van der Waals surface area contributed by atoms with Crippen LogP contribution in [-0.2, 0) is 58.6 Å². The number of hydrogen-bond donors (Lipinski definition) is 2. The third-order valence-electron chi connectivity index (χ3n) is 9.67. The lowest BCUT2D eigenvalue weighted by molar-refractivity contribution is -0.0977.